The summed E-state index contributed by atoms with van der Waals surface area (Å²) in [5.41, 5.74) is 2.44. The van der Waals surface area contributed by atoms with Crippen LogP contribution >= 0.6 is 11.3 Å². The Bertz CT molecular complexity index is 834. The third-order valence-electron chi connectivity index (χ3n) is 3.18. The molecule has 23 heavy (non-hydrogen) atoms. The molecule has 0 atom stereocenters. The monoisotopic (exact) mass is 327 g/mol. The molecule has 0 aliphatic rings. The van der Waals surface area contributed by atoms with Gasteiger partial charge in [0.15, 0.2) is 5.13 Å². The Morgan fingerprint density at radius 3 is 2.78 bits per heavy atom. The average Bonchev–Trinajstić information content (AvgIpc) is 3.02. The maximum absolute atomic E-state index is 14.2. The van der Waals surface area contributed by atoms with E-state index >= 15 is 0 Å². The fourth-order valence-corrected chi connectivity index (χ4v) is 2.61. The predicted octanol–water partition coefficient (Wildman–Crippen LogP) is 4.59. The highest BCUT2D eigenvalue weighted by atomic mass is 32.1. The Hall–Kier alpha value is -2.73. The molecule has 4 nitrogen and oxygen atoms in total. The van der Waals surface area contributed by atoms with Gasteiger partial charge in [-0.3, -0.25) is 10.1 Å². The van der Waals surface area contributed by atoms with Crippen LogP contribution in [0.5, 0.6) is 0 Å². The summed E-state index contributed by atoms with van der Waals surface area (Å²) in [7, 11) is 0. The summed E-state index contributed by atoms with van der Waals surface area (Å²) in [6.45, 7) is 1.97. The first-order chi connectivity index (χ1) is 11.1. The van der Waals surface area contributed by atoms with Gasteiger partial charge in [-0.1, -0.05) is 12.1 Å². The van der Waals surface area contributed by atoms with Crippen LogP contribution in [0.2, 0.25) is 0 Å². The number of thiazole rings is 1. The molecule has 2 N–H and O–H groups in total. The van der Waals surface area contributed by atoms with Crippen molar-refractivity contribution in [1.82, 2.24) is 4.98 Å². The number of carbonyl (C=O) groups is 1. The van der Waals surface area contributed by atoms with Gasteiger partial charge < -0.3 is 5.32 Å². The van der Waals surface area contributed by atoms with Crippen LogP contribution in [0.4, 0.5) is 20.9 Å². The summed E-state index contributed by atoms with van der Waals surface area (Å²) in [6.07, 6.45) is 1.59. The Balaban J connectivity index is 1.76. The zero-order valence-corrected chi connectivity index (χ0v) is 13.2. The molecule has 0 aliphatic carbocycles. The van der Waals surface area contributed by atoms with Crippen LogP contribution in [0.3, 0.4) is 0 Å². The van der Waals surface area contributed by atoms with E-state index in [1.165, 1.54) is 17.4 Å². The number of benzene rings is 2. The largest absolute Gasteiger partial charge is 0.353 e. The van der Waals surface area contributed by atoms with E-state index in [0.29, 0.717) is 10.8 Å². The Labute approximate surface area is 137 Å². The Morgan fingerprint density at radius 1 is 1.22 bits per heavy atom. The lowest BCUT2D eigenvalue weighted by atomic mass is 10.1. The number of nitrogens with zero attached hydrogens (tertiary/aromatic N) is 1. The van der Waals surface area contributed by atoms with Gasteiger partial charge in [0, 0.05) is 22.8 Å². The first-order valence-corrected chi connectivity index (χ1v) is 7.84. The Morgan fingerprint density at radius 2 is 2.09 bits per heavy atom. The third-order valence-corrected chi connectivity index (χ3v) is 3.87. The molecular formula is C17H14FN3OS. The highest BCUT2D eigenvalue weighted by molar-refractivity contribution is 7.13. The molecule has 0 fully saturated rings. The molecule has 3 rings (SSSR count). The quantitative estimate of drug-likeness (QED) is 0.737. The van der Waals surface area contributed by atoms with E-state index in [2.05, 4.69) is 15.6 Å². The number of aromatic nitrogens is 1. The first-order valence-electron chi connectivity index (χ1n) is 6.96. The second kappa shape index (κ2) is 6.58. The van der Waals surface area contributed by atoms with Gasteiger partial charge in [-0.2, -0.15) is 0 Å². The van der Waals surface area contributed by atoms with Crippen molar-refractivity contribution in [3.8, 4) is 0 Å². The molecule has 116 valence electrons. The van der Waals surface area contributed by atoms with Crippen LogP contribution in [0.15, 0.2) is 54.0 Å². The Kier molecular flexibility index (Phi) is 4.34. The van der Waals surface area contributed by atoms with Crippen LogP contribution in [0, 0.1) is 12.7 Å². The number of hydrogen-bond donors (Lipinski definition) is 2. The summed E-state index contributed by atoms with van der Waals surface area (Å²) >= 11 is 1.31. The van der Waals surface area contributed by atoms with Crippen molar-refractivity contribution in [1.29, 1.82) is 0 Å². The summed E-state index contributed by atoms with van der Waals surface area (Å²) in [6, 6.07) is 12.0. The maximum atomic E-state index is 14.2. The van der Waals surface area contributed by atoms with E-state index in [9.17, 15) is 9.18 Å². The highest BCUT2D eigenvalue weighted by Gasteiger charge is 2.11. The topological polar surface area (TPSA) is 54.0 Å². The number of anilines is 3. The van der Waals surface area contributed by atoms with E-state index < -0.39 is 5.82 Å². The molecule has 0 unspecified atom stereocenters. The van der Waals surface area contributed by atoms with Crippen molar-refractivity contribution in [3.05, 3.63) is 71.0 Å². The third kappa shape index (κ3) is 3.73. The zero-order valence-electron chi connectivity index (χ0n) is 12.3. The number of aryl methyl sites for hydroxylation is 1. The molecule has 0 bridgehead atoms. The number of rotatable bonds is 4. The summed E-state index contributed by atoms with van der Waals surface area (Å²) in [4.78, 5) is 16.0. The lowest BCUT2D eigenvalue weighted by Crippen LogP contribution is -2.12. The molecule has 3 aromatic rings. The predicted molar refractivity (Wildman–Crippen MR) is 90.9 cm³/mol. The van der Waals surface area contributed by atoms with Gasteiger partial charge in [-0.05, 0) is 42.8 Å². The minimum absolute atomic E-state index is 0.243. The van der Waals surface area contributed by atoms with Crippen LogP contribution in [-0.4, -0.2) is 10.9 Å². The normalized spacial score (nSPS) is 10.3. The molecule has 0 aliphatic heterocycles. The van der Waals surface area contributed by atoms with Crippen LogP contribution < -0.4 is 10.6 Å². The second-order valence-electron chi connectivity index (χ2n) is 4.98. The molecule has 0 radical (unpaired) electrons. The van der Waals surface area contributed by atoms with Crippen molar-refractivity contribution >= 4 is 33.8 Å². The van der Waals surface area contributed by atoms with Crippen molar-refractivity contribution in [2.24, 2.45) is 0 Å². The van der Waals surface area contributed by atoms with Gasteiger partial charge in [0.25, 0.3) is 5.91 Å². The molecule has 0 saturated heterocycles. The van der Waals surface area contributed by atoms with Gasteiger partial charge in [0.2, 0.25) is 0 Å². The second-order valence-corrected chi connectivity index (χ2v) is 5.88. The minimum atomic E-state index is -0.488. The number of hydrogen-bond acceptors (Lipinski definition) is 4. The van der Waals surface area contributed by atoms with Gasteiger partial charge in [-0.25, -0.2) is 9.37 Å². The molecular weight excluding hydrogens is 313 g/mol. The molecule has 1 amide bonds. The zero-order chi connectivity index (χ0) is 16.2. The van der Waals surface area contributed by atoms with Crippen molar-refractivity contribution in [3.63, 3.8) is 0 Å². The standard InChI is InChI=1S/C17H14FN3OS/c1-11-3-2-4-13(9-11)20-15-6-5-12(10-14(15)18)16(22)21-17-19-7-8-23-17/h2-10,20H,1H3,(H,19,21,22). The number of halogens is 1. The van der Waals surface area contributed by atoms with Gasteiger partial charge in [0.05, 0.1) is 5.69 Å². The molecule has 6 heteroatoms. The lowest BCUT2D eigenvalue weighted by Gasteiger charge is -2.09. The number of nitrogens with one attached hydrogen (secondary N) is 2. The molecule has 0 spiro atoms. The van der Waals surface area contributed by atoms with Gasteiger partial charge in [-0.15, -0.1) is 11.3 Å². The number of carbonyl (C=O) groups excluding carboxylic acids is 1. The highest BCUT2D eigenvalue weighted by Crippen LogP contribution is 2.22. The fourth-order valence-electron chi connectivity index (χ4n) is 2.09. The smallest absolute Gasteiger partial charge is 0.257 e. The SMILES string of the molecule is Cc1cccc(Nc2ccc(C(=O)Nc3nccs3)cc2F)c1. The van der Waals surface area contributed by atoms with Crippen molar-refractivity contribution in [2.75, 3.05) is 10.6 Å². The summed E-state index contributed by atoms with van der Waals surface area (Å²) in [5, 5.41) is 7.87. The molecule has 1 aromatic heterocycles. The van der Waals surface area contributed by atoms with Gasteiger partial charge >= 0.3 is 0 Å². The van der Waals surface area contributed by atoms with E-state index in [-0.39, 0.29) is 11.5 Å². The van der Waals surface area contributed by atoms with Crippen molar-refractivity contribution < 1.29 is 9.18 Å². The first kappa shape index (κ1) is 15.2. The molecule has 1 heterocycles. The van der Waals surface area contributed by atoms with Crippen molar-refractivity contribution in [2.45, 2.75) is 6.92 Å². The maximum Gasteiger partial charge on any atom is 0.257 e. The van der Waals surface area contributed by atoms with E-state index in [0.717, 1.165) is 11.3 Å². The molecule has 0 saturated carbocycles. The van der Waals surface area contributed by atoms with E-state index in [1.807, 2.05) is 31.2 Å². The summed E-state index contributed by atoms with van der Waals surface area (Å²) in [5.74, 6) is -0.876. The molecule has 2 aromatic carbocycles. The number of amides is 1. The summed E-state index contributed by atoms with van der Waals surface area (Å²) < 4.78 is 14.2. The van der Waals surface area contributed by atoms with E-state index in [4.69, 9.17) is 0 Å². The van der Waals surface area contributed by atoms with E-state index in [1.54, 1.807) is 23.7 Å². The lowest BCUT2D eigenvalue weighted by molar-refractivity contribution is 0.102. The van der Waals surface area contributed by atoms with Crippen LogP contribution in [0.25, 0.3) is 0 Å². The van der Waals surface area contributed by atoms with Gasteiger partial charge in [0.1, 0.15) is 5.82 Å². The fraction of sp³-hybridized carbons (Fsp3) is 0.0588. The minimum Gasteiger partial charge on any atom is -0.353 e. The van der Waals surface area contributed by atoms with Crippen LogP contribution in [0.1, 0.15) is 15.9 Å². The average molecular weight is 327 g/mol. The van der Waals surface area contributed by atoms with Crippen LogP contribution in [-0.2, 0) is 0 Å².